The summed E-state index contributed by atoms with van der Waals surface area (Å²) in [5.41, 5.74) is 0.101. The fraction of sp³-hybridized carbons (Fsp3) is 0.100. The molecule has 1 N–H and O–H groups in total. The van der Waals surface area contributed by atoms with Crippen molar-refractivity contribution in [3.05, 3.63) is 36.0 Å². The second-order valence-corrected chi connectivity index (χ2v) is 3.09. The molecule has 2 aromatic rings. The van der Waals surface area contributed by atoms with Crippen LogP contribution in [-0.2, 0) is 0 Å². The van der Waals surface area contributed by atoms with E-state index < -0.39 is 12.5 Å². The summed E-state index contributed by atoms with van der Waals surface area (Å²) < 4.78 is 25.7. The molecule has 3 nitrogen and oxygen atoms in total. The number of halogens is 2. The molecule has 1 aromatic carbocycles. The minimum atomic E-state index is -2.59. The van der Waals surface area contributed by atoms with Crippen LogP contribution in [0.1, 0.15) is 12.0 Å². The maximum Gasteiger partial charge on any atom is 0.415 e. The van der Waals surface area contributed by atoms with Gasteiger partial charge >= 0.3 is 6.09 Å². The highest BCUT2D eigenvalue weighted by molar-refractivity contribution is 5.89. The lowest BCUT2D eigenvalue weighted by Gasteiger charge is -2.01. The number of rotatable bonds is 1. The Kier molecular flexibility index (Phi) is 2.15. The van der Waals surface area contributed by atoms with Crippen LogP contribution in [0.3, 0.4) is 0 Å². The van der Waals surface area contributed by atoms with Crippen LogP contribution in [0.25, 0.3) is 10.9 Å². The number of hydrogen-bond acceptors (Lipinski definition) is 1. The zero-order valence-electron chi connectivity index (χ0n) is 7.52. The van der Waals surface area contributed by atoms with Crippen molar-refractivity contribution >= 4 is 17.0 Å². The largest absolute Gasteiger partial charge is 0.464 e. The zero-order valence-corrected chi connectivity index (χ0v) is 7.52. The second kappa shape index (κ2) is 3.34. The van der Waals surface area contributed by atoms with Crippen molar-refractivity contribution in [3.63, 3.8) is 0 Å². The monoisotopic (exact) mass is 211 g/mol. The number of aromatic nitrogens is 1. The van der Waals surface area contributed by atoms with Crippen LogP contribution in [0, 0.1) is 0 Å². The van der Waals surface area contributed by atoms with Gasteiger partial charge in [-0.05, 0) is 12.1 Å². The molecule has 0 unspecified atom stereocenters. The van der Waals surface area contributed by atoms with Crippen LogP contribution < -0.4 is 0 Å². The third-order valence-corrected chi connectivity index (χ3v) is 2.18. The number of carboxylic acid groups (broad SMARTS) is 1. The van der Waals surface area contributed by atoms with Crippen LogP contribution in [0.15, 0.2) is 30.5 Å². The van der Waals surface area contributed by atoms with Gasteiger partial charge < -0.3 is 5.11 Å². The Balaban J connectivity index is 2.66. The summed E-state index contributed by atoms with van der Waals surface area (Å²) in [6.07, 6.45) is -2.44. The molecule has 0 fully saturated rings. The average Bonchev–Trinajstić information content (AvgIpc) is 2.59. The van der Waals surface area contributed by atoms with Crippen LogP contribution in [0.5, 0.6) is 0 Å². The molecule has 0 saturated heterocycles. The highest BCUT2D eigenvalue weighted by Crippen LogP contribution is 2.24. The molecule has 0 atom stereocenters. The Morgan fingerprint density at radius 1 is 1.33 bits per heavy atom. The van der Waals surface area contributed by atoms with Gasteiger partial charge in [-0.15, -0.1) is 0 Å². The lowest BCUT2D eigenvalue weighted by atomic mass is 10.2. The molecule has 15 heavy (non-hydrogen) atoms. The third kappa shape index (κ3) is 1.56. The first-order chi connectivity index (χ1) is 7.09. The third-order valence-electron chi connectivity index (χ3n) is 2.18. The molecule has 0 bridgehead atoms. The molecule has 0 aliphatic rings. The molecule has 0 spiro atoms. The summed E-state index contributed by atoms with van der Waals surface area (Å²) in [4.78, 5) is 10.7. The van der Waals surface area contributed by atoms with Crippen molar-refractivity contribution in [3.8, 4) is 0 Å². The van der Waals surface area contributed by atoms with E-state index >= 15 is 0 Å². The lowest BCUT2D eigenvalue weighted by Crippen LogP contribution is -2.05. The summed E-state index contributed by atoms with van der Waals surface area (Å²) >= 11 is 0. The first-order valence-electron chi connectivity index (χ1n) is 4.22. The predicted octanol–water partition coefficient (Wildman–Crippen LogP) is 3.11. The van der Waals surface area contributed by atoms with Gasteiger partial charge in [0.1, 0.15) is 0 Å². The maximum absolute atomic E-state index is 12.4. The molecule has 0 aliphatic heterocycles. The van der Waals surface area contributed by atoms with E-state index in [-0.39, 0.29) is 11.1 Å². The van der Waals surface area contributed by atoms with Crippen molar-refractivity contribution in [2.45, 2.75) is 6.43 Å². The molecule has 0 radical (unpaired) electrons. The Labute approximate surface area is 83.5 Å². The van der Waals surface area contributed by atoms with Crippen molar-refractivity contribution in [1.82, 2.24) is 4.57 Å². The molecule has 1 aromatic heterocycles. The van der Waals surface area contributed by atoms with Gasteiger partial charge in [-0.25, -0.2) is 13.6 Å². The van der Waals surface area contributed by atoms with E-state index in [0.29, 0.717) is 5.39 Å². The van der Waals surface area contributed by atoms with E-state index in [1.54, 1.807) is 6.07 Å². The van der Waals surface area contributed by atoms with Crippen LogP contribution >= 0.6 is 0 Å². The molecule has 1 heterocycles. The van der Waals surface area contributed by atoms with Crippen molar-refractivity contribution in [2.24, 2.45) is 0 Å². The van der Waals surface area contributed by atoms with Gasteiger partial charge in [0, 0.05) is 17.1 Å². The van der Waals surface area contributed by atoms with E-state index in [1.807, 2.05) is 0 Å². The predicted molar refractivity (Wildman–Crippen MR) is 50.3 cm³/mol. The highest BCUT2D eigenvalue weighted by Gasteiger charge is 2.11. The molecule has 0 aliphatic carbocycles. The molecule has 0 saturated carbocycles. The van der Waals surface area contributed by atoms with Gasteiger partial charge in [0.2, 0.25) is 0 Å². The van der Waals surface area contributed by atoms with Gasteiger partial charge in [0.15, 0.2) is 0 Å². The summed E-state index contributed by atoms with van der Waals surface area (Å²) in [6, 6.07) is 5.53. The molecular formula is C10H7F2NO2. The van der Waals surface area contributed by atoms with Crippen molar-refractivity contribution in [1.29, 1.82) is 0 Å². The van der Waals surface area contributed by atoms with Crippen molar-refractivity contribution < 1.29 is 18.7 Å². The minimum Gasteiger partial charge on any atom is -0.464 e. The summed E-state index contributed by atoms with van der Waals surface area (Å²) in [5, 5.41) is 9.40. The van der Waals surface area contributed by atoms with Gasteiger partial charge in [-0.1, -0.05) is 12.1 Å². The highest BCUT2D eigenvalue weighted by atomic mass is 19.3. The number of benzene rings is 1. The fourth-order valence-corrected chi connectivity index (χ4v) is 1.45. The summed E-state index contributed by atoms with van der Waals surface area (Å²) in [6.45, 7) is 0. The Morgan fingerprint density at radius 3 is 2.67 bits per heavy atom. The smallest absolute Gasteiger partial charge is 0.415 e. The van der Waals surface area contributed by atoms with Gasteiger partial charge in [-0.3, -0.25) is 4.57 Å². The topological polar surface area (TPSA) is 42.2 Å². The number of fused-ring (bicyclic) bond motifs is 1. The van der Waals surface area contributed by atoms with Gasteiger partial charge in [-0.2, -0.15) is 0 Å². The normalized spacial score (nSPS) is 11.1. The van der Waals surface area contributed by atoms with E-state index in [1.165, 1.54) is 24.4 Å². The molecular weight excluding hydrogens is 204 g/mol. The van der Waals surface area contributed by atoms with E-state index in [4.69, 9.17) is 5.11 Å². The molecule has 5 heteroatoms. The number of alkyl halides is 2. The second-order valence-electron chi connectivity index (χ2n) is 3.09. The molecule has 78 valence electrons. The van der Waals surface area contributed by atoms with Gasteiger partial charge in [0.25, 0.3) is 6.43 Å². The maximum atomic E-state index is 12.4. The van der Waals surface area contributed by atoms with E-state index in [2.05, 4.69) is 0 Å². The minimum absolute atomic E-state index is 0.177. The van der Waals surface area contributed by atoms with E-state index in [0.717, 1.165) is 4.57 Å². The Bertz CT molecular complexity index is 519. The SMILES string of the molecule is O=C(O)n1ccc2ccc(C(F)F)cc21. The quantitative estimate of drug-likeness (QED) is 0.787. The molecule has 2 rings (SSSR count). The Morgan fingerprint density at radius 2 is 2.07 bits per heavy atom. The van der Waals surface area contributed by atoms with Crippen molar-refractivity contribution in [2.75, 3.05) is 0 Å². The average molecular weight is 211 g/mol. The number of hydrogen-bond donors (Lipinski definition) is 1. The number of carbonyl (C=O) groups is 1. The van der Waals surface area contributed by atoms with Crippen LogP contribution in [0.2, 0.25) is 0 Å². The first kappa shape index (κ1) is 9.64. The standard InChI is InChI=1S/C10H7F2NO2/c11-9(12)7-2-1-6-3-4-13(10(14)15)8(6)5-7/h1-5,9H,(H,14,15). The molecule has 0 amide bonds. The van der Waals surface area contributed by atoms with Gasteiger partial charge in [0.05, 0.1) is 5.52 Å². The van der Waals surface area contributed by atoms with Crippen LogP contribution in [-0.4, -0.2) is 15.8 Å². The lowest BCUT2D eigenvalue weighted by molar-refractivity contribution is 0.151. The number of nitrogens with zero attached hydrogens (tertiary/aromatic N) is 1. The van der Waals surface area contributed by atoms with E-state index in [9.17, 15) is 13.6 Å². The summed E-state index contributed by atoms with van der Waals surface area (Å²) in [5.74, 6) is 0. The van der Waals surface area contributed by atoms with Crippen LogP contribution in [0.4, 0.5) is 13.6 Å². The fourth-order valence-electron chi connectivity index (χ4n) is 1.45. The zero-order chi connectivity index (χ0) is 11.0. The summed E-state index contributed by atoms with van der Waals surface area (Å²) in [7, 11) is 0. The Hall–Kier alpha value is -1.91. The first-order valence-corrected chi connectivity index (χ1v) is 4.22.